The number of alkyl halides is 3. The molecule has 0 radical (unpaired) electrons. The number of fused-ring (bicyclic) bond motifs is 1. The summed E-state index contributed by atoms with van der Waals surface area (Å²) >= 11 is 0. The van der Waals surface area contributed by atoms with E-state index in [4.69, 9.17) is 0 Å². The van der Waals surface area contributed by atoms with Gasteiger partial charge in [-0.2, -0.15) is 23.3 Å². The number of hydrogen-bond acceptors (Lipinski definition) is 5. The number of hydrogen-bond donors (Lipinski definition) is 3. The van der Waals surface area contributed by atoms with Crippen molar-refractivity contribution in [2.24, 2.45) is 7.05 Å². The summed E-state index contributed by atoms with van der Waals surface area (Å²) < 4.78 is 38.3. The average molecular weight is 429 g/mol. The summed E-state index contributed by atoms with van der Waals surface area (Å²) in [7, 11) is 1.74. The molecule has 3 N–H and O–H groups in total. The molecule has 2 aromatic heterocycles. The van der Waals surface area contributed by atoms with Crippen LogP contribution in [0.3, 0.4) is 0 Å². The van der Waals surface area contributed by atoms with E-state index in [9.17, 15) is 18.0 Å². The number of amides is 1. The first kappa shape index (κ1) is 20.4. The van der Waals surface area contributed by atoms with Crippen LogP contribution in [0, 0.1) is 6.92 Å². The van der Waals surface area contributed by atoms with Crippen molar-refractivity contribution in [3.05, 3.63) is 53.7 Å². The molecule has 0 atom stereocenters. The van der Waals surface area contributed by atoms with Crippen LogP contribution in [0.15, 0.2) is 42.6 Å². The third-order valence-electron chi connectivity index (χ3n) is 4.76. The Labute approximate surface area is 174 Å². The molecule has 2 heterocycles. The summed E-state index contributed by atoms with van der Waals surface area (Å²) in [5.41, 5.74) is 3.53. The number of aromatic nitrogens is 5. The van der Waals surface area contributed by atoms with Crippen LogP contribution < -0.4 is 10.6 Å². The van der Waals surface area contributed by atoms with Crippen LogP contribution in [0.2, 0.25) is 0 Å². The van der Waals surface area contributed by atoms with Crippen LogP contribution >= 0.6 is 0 Å². The van der Waals surface area contributed by atoms with Gasteiger partial charge in [-0.15, -0.1) is 5.10 Å². The lowest BCUT2D eigenvalue weighted by atomic mass is 10.1. The molecule has 160 valence electrons. The zero-order chi connectivity index (χ0) is 22.2. The third kappa shape index (κ3) is 4.34. The topological polar surface area (TPSA) is 101 Å². The fraction of sp³-hybridized carbons (Fsp3) is 0.200. The molecule has 0 spiro atoms. The molecule has 1 amide bonds. The van der Waals surface area contributed by atoms with Crippen molar-refractivity contribution in [1.82, 2.24) is 30.3 Å². The zero-order valence-corrected chi connectivity index (χ0v) is 16.6. The second kappa shape index (κ2) is 7.74. The minimum absolute atomic E-state index is 0.117. The third-order valence-corrected chi connectivity index (χ3v) is 4.76. The van der Waals surface area contributed by atoms with Crippen molar-refractivity contribution < 1.29 is 18.0 Å². The van der Waals surface area contributed by atoms with E-state index in [1.54, 1.807) is 30.1 Å². The normalized spacial score (nSPS) is 11.6. The number of nitrogens with zero attached hydrogens (tertiary/aromatic N) is 4. The molecule has 8 nitrogen and oxygen atoms in total. The molecule has 2 aromatic carbocycles. The Morgan fingerprint density at radius 2 is 1.90 bits per heavy atom. The number of halogens is 3. The van der Waals surface area contributed by atoms with Gasteiger partial charge in [0.05, 0.1) is 11.7 Å². The Morgan fingerprint density at radius 3 is 2.61 bits per heavy atom. The lowest BCUT2D eigenvalue weighted by Crippen LogP contribution is -2.33. The second-order valence-corrected chi connectivity index (χ2v) is 6.95. The highest BCUT2D eigenvalue weighted by Gasteiger charge is 2.27. The molecule has 0 saturated heterocycles. The molecule has 0 aliphatic carbocycles. The standard InChI is InChI=1S/C20H18F3N7O/c1-11-14-9-25-28-16(14)8-7-15(11)26-19-27-17(29-30(19)2)12-3-5-13(6-4-12)18(31)24-10-20(21,22)23/h3-9H,10H2,1-2H3,(H,24,31)(H,25,28)(H,26,27,29). The van der Waals surface area contributed by atoms with E-state index in [1.165, 1.54) is 12.1 Å². The number of nitrogens with one attached hydrogen (secondary N) is 3. The van der Waals surface area contributed by atoms with Gasteiger partial charge in [0.25, 0.3) is 5.91 Å². The smallest absolute Gasteiger partial charge is 0.343 e. The average Bonchev–Trinajstić information content (AvgIpc) is 3.35. The fourth-order valence-electron chi connectivity index (χ4n) is 3.08. The quantitative estimate of drug-likeness (QED) is 0.449. The monoisotopic (exact) mass is 429 g/mol. The number of carbonyl (C=O) groups is 1. The largest absolute Gasteiger partial charge is 0.405 e. The van der Waals surface area contributed by atoms with E-state index < -0.39 is 18.6 Å². The molecule has 0 saturated carbocycles. The predicted molar refractivity (Wildman–Crippen MR) is 109 cm³/mol. The number of aromatic amines is 1. The molecule has 0 aliphatic heterocycles. The first-order valence-electron chi connectivity index (χ1n) is 9.27. The van der Waals surface area contributed by atoms with E-state index in [0.717, 1.165) is 22.2 Å². The first-order chi connectivity index (χ1) is 14.7. The zero-order valence-electron chi connectivity index (χ0n) is 16.6. The Hall–Kier alpha value is -3.89. The van der Waals surface area contributed by atoms with Crippen molar-refractivity contribution in [1.29, 1.82) is 0 Å². The second-order valence-electron chi connectivity index (χ2n) is 6.95. The Morgan fingerprint density at radius 1 is 1.16 bits per heavy atom. The van der Waals surface area contributed by atoms with Crippen molar-refractivity contribution in [3.63, 3.8) is 0 Å². The van der Waals surface area contributed by atoms with Gasteiger partial charge in [-0.3, -0.25) is 9.89 Å². The summed E-state index contributed by atoms with van der Waals surface area (Å²) in [6.07, 6.45) is -2.71. The summed E-state index contributed by atoms with van der Waals surface area (Å²) in [5.74, 6) is 0.118. The van der Waals surface area contributed by atoms with E-state index in [-0.39, 0.29) is 5.56 Å². The molecule has 11 heteroatoms. The summed E-state index contributed by atoms with van der Waals surface area (Å²) in [6, 6.07) is 9.87. The lowest BCUT2D eigenvalue weighted by Gasteiger charge is -2.08. The summed E-state index contributed by atoms with van der Waals surface area (Å²) in [6.45, 7) is 0.592. The SMILES string of the molecule is Cc1c(Nc2nc(-c3ccc(C(=O)NCC(F)(F)F)cc3)nn2C)ccc2[nH]ncc12. The number of anilines is 2. The number of rotatable bonds is 5. The Balaban J connectivity index is 1.52. The van der Waals surface area contributed by atoms with Crippen molar-refractivity contribution in [3.8, 4) is 11.4 Å². The van der Waals surface area contributed by atoms with E-state index >= 15 is 0 Å². The number of benzene rings is 2. The molecule has 0 fully saturated rings. The summed E-state index contributed by atoms with van der Waals surface area (Å²) in [5, 5.41) is 17.4. The minimum Gasteiger partial charge on any atom is -0.343 e. The minimum atomic E-state index is -4.46. The predicted octanol–water partition coefficient (Wildman–Crippen LogP) is 3.70. The van der Waals surface area contributed by atoms with Gasteiger partial charge in [0, 0.05) is 29.2 Å². The van der Waals surface area contributed by atoms with Crippen LogP contribution in [0.4, 0.5) is 24.8 Å². The molecular weight excluding hydrogens is 411 g/mol. The number of H-pyrrole nitrogens is 1. The van der Waals surface area contributed by atoms with Gasteiger partial charge in [-0.25, -0.2) is 4.68 Å². The highest BCUT2D eigenvalue weighted by atomic mass is 19.4. The molecule has 31 heavy (non-hydrogen) atoms. The summed E-state index contributed by atoms with van der Waals surface area (Å²) in [4.78, 5) is 16.3. The first-order valence-corrected chi connectivity index (χ1v) is 9.27. The van der Waals surface area contributed by atoms with Gasteiger partial charge in [-0.1, -0.05) is 12.1 Å². The molecule has 0 unspecified atom stereocenters. The highest BCUT2D eigenvalue weighted by Crippen LogP contribution is 2.27. The van der Waals surface area contributed by atoms with Gasteiger partial charge < -0.3 is 10.6 Å². The van der Waals surface area contributed by atoms with Crippen molar-refractivity contribution in [2.75, 3.05) is 11.9 Å². The lowest BCUT2D eigenvalue weighted by molar-refractivity contribution is -0.123. The molecule has 0 aliphatic rings. The van der Waals surface area contributed by atoms with E-state index in [1.807, 2.05) is 24.4 Å². The van der Waals surface area contributed by atoms with Gasteiger partial charge in [0.2, 0.25) is 5.95 Å². The van der Waals surface area contributed by atoms with E-state index in [0.29, 0.717) is 17.3 Å². The molecule has 4 aromatic rings. The molecule has 0 bridgehead atoms. The number of aryl methyl sites for hydroxylation is 2. The maximum atomic E-state index is 12.3. The van der Waals surface area contributed by atoms with Gasteiger partial charge in [-0.05, 0) is 36.8 Å². The van der Waals surface area contributed by atoms with Gasteiger partial charge >= 0.3 is 6.18 Å². The van der Waals surface area contributed by atoms with Crippen LogP contribution in [0.25, 0.3) is 22.3 Å². The van der Waals surface area contributed by atoms with Crippen LogP contribution in [-0.4, -0.2) is 43.6 Å². The fourth-order valence-corrected chi connectivity index (χ4v) is 3.08. The maximum Gasteiger partial charge on any atom is 0.405 e. The van der Waals surface area contributed by atoms with Gasteiger partial charge in [0.15, 0.2) is 5.82 Å². The van der Waals surface area contributed by atoms with Crippen LogP contribution in [0.1, 0.15) is 15.9 Å². The van der Waals surface area contributed by atoms with E-state index in [2.05, 4.69) is 25.6 Å². The number of carbonyl (C=O) groups excluding carboxylic acids is 1. The van der Waals surface area contributed by atoms with Crippen LogP contribution in [-0.2, 0) is 7.05 Å². The van der Waals surface area contributed by atoms with Crippen molar-refractivity contribution >= 4 is 28.4 Å². The maximum absolute atomic E-state index is 12.3. The van der Waals surface area contributed by atoms with Crippen molar-refractivity contribution in [2.45, 2.75) is 13.1 Å². The van der Waals surface area contributed by atoms with Crippen LogP contribution in [0.5, 0.6) is 0 Å². The Kier molecular flexibility index (Phi) is 5.09. The highest BCUT2D eigenvalue weighted by molar-refractivity contribution is 5.94. The van der Waals surface area contributed by atoms with Gasteiger partial charge in [0.1, 0.15) is 6.54 Å². The molecular formula is C20H18F3N7O. The Bertz CT molecular complexity index is 1240. The molecule has 4 rings (SSSR count).